The maximum atomic E-state index is 10.7. The molecule has 0 amide bonds. The fourth-order valence-corrected chi connectivity index (χ4v) is 1.79. The molecular weight excluding hydrogens is 321 g/mol. The minimum Gasteiger partial charge on any atom is -0.478 e. The van der Waals surface area contributed by atoms with Gasteiger partial charge in [0.25, 0.3) is 0 Å². The van der Waals surface area contributed by atoms with Crippen molar-refractivity contribution in [2.45, 2.75) is 0 Å². The average molecular weight is 329 g/mol. The number of pyridine rings is 1. The lowest BCUT2D eigenvalue weighted by atomic mass is 10.3. The van der Waals surface area contributed by atoms with Crippen LogP contribution in [0.1, 0.15) is 10.4 Å². The molecule has 2 rings (SSSR count). The Hall–Kier alpha value is -1.59. The Morgan fingerprint density at radius 3 is 2.56 bits per heavy atom. The van der Waals surface area contributed by atoms with E-state index in [1.54, 1.807) is 24.3 Å². The number of carbonyl (C=O) groups is 1. The minimum absolute atomic E-state index is 0.0883. The molecule has 0 radical (unpaired) electrons. The minimum atomic E-state index is -1.04. The Morgan fingerprint density at radius 2 is 2.00 bits per heavy atom. The first-order valence-corrected chi connectivity index (χ1v) is 6.05. The summed E-state index contributed by atoms with van der Waals surface area (Å²) in [7, 11) is 0. The standard InChI is InChI=1S/C12H7BrClNO3/c13-10-5-7(12(16)17)6-15-11(10)18-9-3-1-8(14)2-4-9/h1-6H,(H,16,17). The van der Waals surface area contributed by atoms with Crippen molar-refractivity contribution in [2.75, 3.05) is 0 Å². The number of benzene rings is 1. The zero-order valence-electron chi connectivity index (χ0n) is 8.93. The molecular formula is C12H7BrClNO3. The van der Waals surface area contributed by atoms with E-state index in [9.17, 15) is 4.79 Å². The number of nitrogens with zero attached hydrogens (tertiary/aromatic N) is 1. The molecule has 0 saturated carbocycles. The van der Waals surface area contributed by atoms with E-state index in [1.807, 2.05) is 0 Å². The van der Waals surface area contributed by atoms with Crippen LogP contribution in [0.25, 0.3) is 0 Å². The topological polar surface area (TPSA) is 59.4 Å². The summed E-state index contributed by atoms with van der Waals surface area (Å²) >= 11 is 8.97. The molecule has 0 bridgehead atoms. The van der Waals surface area contributed by atoms with Crippen molar-refractivity contribution in [1.29, 1.82) is 0 Å². The average Bonchev–Trinajstić information content (AvgIpc) is 2.34. The molecule has 1 N–H and O–H groups in total. The number of carboxylic acids is 1. The van der Waals surface area contributed by atoms with Crippen LogP contribution in [0.2, 0.25) is 5.02 Å². The second kappa shape index (κ2) is 5.37. The Kier molecular flexibility index (Phi) is 3.84. The summed E-state index contributed by atoms with van der Waals surface area (Å²) in [5, 5.41) is 9.41. The molecule has 4 nitrogen and oxygen atoms in total. The highest BCUT2D eigenvalue weighted by Gasteiger charge is 2.09. The molecule has 1 aromatic heterocycles. The van der Waals surface area contributed by atoms with Gasteiger partial charge >= 0.3 is 5.97 Å². The Labute approximate surface area is 116 Å². The van der Waals surface area contributed by atoms with Crippen molar-refractivity contribution >= 4 is 33.5 Å². The van der Waals surface area contributed by atoms with E-state index < -0.39 is 5.97 Å². The van der Waals surface area contributed by atoms with Gasteiger partial charge in [0.15, 0.2) is 0 Å². The number of aromatic nitrogens is 1. The van der Waals surface area contributed by atoms with Gasteiger partial charge in [-0.1, -0.05) is 11.6 Å². The molecule has 1 aromatic carbocycles. The first-order valence-electron chi connectivity index (χ1n) is 4.88. The summed E-state index contributed by atoms with van der Waals surface area (Å²) in [6.07, 6.45) is 1.23. The van der Waals surface area contributed by atoms with Crippen molar-refractivity contribution in [3.63, 3.8) is 0 Å². The summed E-state index contributed by atoms with van der Waals surface area (Å²) in [4.78, 5) is 14.7. The van der Waals surface area contributed by atoms with Crippen molar-refractivity contribution in [3.8, 4) is 11.6 Å². The molecule has 0 aliphatic carbocycles. The molecule has 1 heterocycles. The molecule has 0 saturated heterocycles. The third kappa shape index (κ3) is 3.00. The van der Waals surface area contributed by atoms with Gasteiger partial charge in [0, 0.05) is 11.2 Å². The maximum absolute atomic E-state index is 10.7. The lowest BCUT2D eigenvalue weighted by Gasteiger charge is -2.07. The molecule has 0 unspecified atom stereocenters. The third-order valence-electron chi connectivity index (χ3n) is 2.08. The molecule has 2 aromatic rings. The summed E-state index contributed by atoms with van der Waals surface area (Å²) in [5.41, 5.74) is 0.0883. The highest BCUT2D eigenvalue weighted by molar-refractivity contribution is 9.10. The van der Waals surface area contributed by atoms with Crippen molar-refractivity contribution in [2.24, 2.45) is 0 Å². The SMILES string of the molecule is O=C(O)c1cnc(Oc2ccc(Cl)cc2)c(Br)c1. The van der Waals surface area contributed by atoms with Gasteiger partial charge in [-0.25, -0.2) is 9.78 Å². The normalized spacial score (nSPS) is 10.1. The highest BCUT2D eigenvalue weighted by Crippen LogP contribution is 2.28. The van der Waals surface area contributed by atoms with Gasteiger partial charge in [0.2, 0.25) is 5.88 Å². The van der Waals surface area contributed by atoms with Crippen LogP contribution in [0.3, 0.4) is 0 Å². The van der Waals surface area contributed by atoms with Gasteiger partial charge in [0.05, 0.1) is 10.0 Å². The third-order valence-corrected chi connectivity index (χ3v) is 2.90. The van der Waals surface area contributed by atoms with E-state index in [4.69, 9.17) is 21.4 Å². The van der Waals surface area contributed by atoms with Crippen LogP contribution in [0, 0.1) is 0 Å². The second-order valence-electron chi connectivity index (χ2n) is 3.37. The fourth-order valence-electron chi connectivity index (χ4n) is 1.23. The summed E-state index contributed by atoms with van der Waals surface area (Å²) < 4.78 is 5.96. The first kappa shape index (κ1) is 12.9. The van der Waals surface area contributed by atoms with Crippen molar-refractivity contribution in [1.82, 2.24) is 4.98 Å². The molecule has 0 fully saturated rings. The molecule has 0 atom stereocenters. The Balaban J connectivity index is 2.24. The van der Waals surface area contributed by atoms with Crippen LogP contribution < -0.4 is 4.74 Å². The van der Waals surface area contributed by atoms with Gasteiger partial charge in [0.1, 0.15) is 5.75 Å². The molecule has 0 aliphatic heterocycles. The van der Waals surface area contributed by atoms with Crippen LogP contribution in [-0.2, 0) is 0 Å². The number of rotatable bonds is 3. The molecule has 0 spiro atoms. The van der Waals surface area contributed by atoms with Gasteiger partial charge in [-0.3, -0.25) is 0 Å². The largest absolute Gasteiger partial charge is 0.478 e. The van der Waals surface area contributed by atoms with Crippen LogP contribution in [0.4, 0.5) is 0 Å². The molecule has 0 aliphatic rings. The van der Waals surface area contributed by atoms with Gasteiger partial charge in [-0.05, 0) is 46.3 Å². The van der Waals surface area contributed by atoms with Crippen LogP contribution in [0.5, 0.6) is 11.6 Å². The molecule has 92 valence electrons. The van der Waals surface area contributed by atoms with Gasteiger partial charge in [-0.15, -0.1) is 0 Å². The van der Waals surface area contributed by atoms with E-state index in [0.717, 1.165) is 0 Å². The summed E-state index contributed by atoms with van der Waals surface area (Å²) in [6.45, 7) is 0. The molecule has 6 heteroatoms. The highest BCUT2D eigenvalue weighted by atomic mass is 79.9. The molecule has 18 heavy (non-hydrogen) atoms. The number of aromatic carboxylic acids is 1. The van der Waals surface area contributed by atoms with Crippen LogP contribution in [-0.4, -0.2) is 16.1 Å². The monoisotopic (exact) mass is 327 g/mol. The lowest BCUT2D eigenvalue weighted by Crippen LogP contribution is -1.98. The smallest absolute Gasteiger partial charge is 0.337 e. The van der Waals surface area contributed by atoms with E-state index >= 15 is 0 Å². The number of carboxylic acid groups (broad SMARTS) is 1. The summed E-state index contributed by atoms with van der Waals surface area (Å²) in [5.74, 6) is -0.181. The summed E-state index contributed by atoms with van der Waals surface area (Å²) in [6, 6.07) is 8.20. The van der Waals surface area contributed by atoms with E-state index in [2.05, 4.69) is 20.9 Å². The lowest BCUT2D eigenvalue weighted by molar-refractivity contribution is 0.0696. The maximum Gasteiger partial charge on any atom is 0.337 e. The quantitative estimate of drug-likeness (QED) is 0.925. The zero-order valence-corrected chi connectivity index (χ0v) is 11.3. The van der Waals surface area contributed by atoms with Gasteiger partial charge < -0.3 is 9.84 Å². The zero-order chi connectivity index (χ0) is 13.1. The predicted octanol–water partition coefficient (Wildman–Crippen LogP) is 3.99. The Bertz CT molecular complexity index is 586. The van der Waals surface area contributed by atoms with Crippen molar-refractivity contribution in [3.05, 3.63) is 51.6 Å². The first-order chi connectivity index (χ1) is 8.56. The number of ether oxygens (including phenoxy) is 1. The number of hydrogen-bond donors (Lipinski definition) is 1. The Morgan fingerprint density at radius 1 is 1.33 bits per heavy atom. The number of hydrogen-bond acceptors (Lipinski definition) is 3. The van der Waals surface area contributed by atoms with Gasteiger partial charge in [-0.2, -0.15) is 0 Å². The van der Waals surface area contributed by atoms with E-state index in [1.165, 1.54) is 12.3 Å². The fraction of sp³-hybridized carbons (Fsp3) is 0. The van der Waals surface area contributed by atoms with E-state index in [0.29, 0.717) is 21.1 Å². The second-order valence-corrected chi connectivity index (χ2v) is 4.66. The number of halogens is 2. The van der Waals surface area contributed by atoms with Crippen LogP contribution in [0.15, 0.2) is 41.0 Å². The van der Waals surface area contributed by atoms with Crippen LogP contribution >= 0.6 is 27.5 Å². The van der Waals surface area contributed by atoms with Crippen molar-refractivity contribution < 1.29 is 14.6 Å². The van der Waals surface area contributed by atoms with E-state index in [-0.39, 0.29) is 5.56 Å². The predicted molar refractivity (Wildman–Crippen MR) is 70.4 cm³/mol.